The molecule has 96 valence electrons. The highest BCUT2D eigenvalue weighted by Gasteiger charge is 2.31. The lowest BCUT2D eigenvalue weighted by atomic mass is 10.3. The summed E-state index contributed by atoms with van der Waals surface area (Å²) in [6, 6.07) is 3.55. The molecule has 0 aliphatic rings. The standard InChI is InChI=1S/C9H9ClF3NO2S/c10-7-5-6(14)1-2-8(7)17(15,16)4-3-9(11,12)13/h1-2,5H,3-4,14H2. The van der Waals surface area contributed by atoms with E-state index >= 15 is 0 Å². The van der Waals surface area contributed by atoms with Crippen LogP contribution < -0.4 is 5.73 Å². The molecule has 1 aromatic rings. The molecular formula is C9H9ClF3NO2S. The number of anilines is 1. The van der Waals surface area contributed by atoms with Gasteiger partial charge in [0.25, 0.3) is 0 Å². The first-order valence-corrected chi connectivity index (χ1v) is 6.49. The summed E-state index contributed by atoms with van der Waals surface area (Å²) in [5.41, 5.74) is 5.60. The number of hydrogen-bond acceptors (Lipinski definition) is 3. The lowest BCUT2D eigenvalue weighted by molar-refractivity contribution is -0.129. The first-order chi connectivity index (χ1) is 7.62. The minimum atomic E-state index is -4.52. The number of nitrogen functional groups attached to an aromatic ring is 1. The summed E-state index contributed by atoms with van der Waals surface area (Å²) in [5.74, 6) is -1.03. The Balaban J connectivity index is 2.98. The molecule has 0 saturated carbocycles. The molecule has 1 rings (SSSR count). The van der Waals surface area contributed by atoms with Gasteiger partial charge in [-0.3, -0.25) is 0 Å². The van der Waals surface area contributed by atoms with E-state index in [0.717, 1.165) is 6.07 Å². The van der Waals surface area contributed by atoms with E-state index in [1.807, 2.05) is 0 Å². The van der Waals surface area contributed by atoms with Gasteiger partial charge in [-0.15, -0.1) is 0 Å². The van der Waals surface area contributed by atoms with Crippen LogP contribution in [0.5, 0.6) is 0 Å². The Bertz CT molecular complexity index is 513. The molecule has 1 aromatic carbocycles. The molecule has 2 N–H and O–H groups in total. The van der Waals surface area contributed by atoms with Gasteiger partial charge in [0, 0.05) is 5.69 Å². The Morgan fingerprint density at radius 3 is 2.35 bits per heavy atom. The van der Waals surface area contributed by atoms with Gasteiger partial charge in [0.1, 0.15) is 0 Å². The van der Waals surface area contributed by atoms with Gasteiger partial charge in [-0.05, 0) is 18.2 Å². The van der Waals surface area contributed by atoms with Crippen molar-refractivity contribution in [3.8, 4) is 0 Å². The summed E-state index contributed by atoms with van der Waals surface area (Å²) in [6.45, 7) is 0. The molecule has 0 atom stereocenters. The van der Waals surface area contributed by atoms with Crippen LogP contribution in [0.1, 0.15) is 6.42 Å². The number of benzene rings is 1. The fourth-order valence-electron chi connectivity index (χ4n) is 1.13. The third kappa shape index (κ3) is 4.08. The van der Waals surface area contributed by atoms with Crippen LogP contribution in [0, 0.1) is 0 Å². The molecular weight excluding hydrogens is 279 g/mol. The number of nitrogens with two attached hydrogens (primary N) is 1. The number of halogens is 4. The first kappa shape index (κ1) is 14.1. The number of sulfone groups is 1. The molecule has 0 radical (unpaired) electrons. The second-order valence-electron chi connectivity index (χ2n) is 3.37. The molecule has 0 aliphatic heterocycles. The predicted octanol–water partition coefficient (Wildman–Crippen LogP) is 2.65. The molecule has 0 saturated heterocycles. The normalized spacial score (nSPS) is 12.7. The van der Waals surface area contributed by atoms with Crippen LogP contribution in [0.25, 0.3) is 0 Å². The van der Waals surface area contributed by atoms with Crippen molar-refractivity contribution in [1.29, 1.82) is 0 Å². The van der Waals surface area contributed by atoms with E-state index < -0.39 is 28.2 Å². The average molecular weight is 288 g/mol. The third-order valence-corrected chi connectivity index (χ3v) is 4.14. The minimum Gasteiger partial charge on any atom is -0.399 e. The maximum Gasteiger partial charge on any atom is 0.390 e. The van der Waals surface area contributed by atoms with Crippen LogP contribution in [-0.2, 0) is 9.84 Å². The van der Waals surface area contributed by atoms with Crippen LogP contribution >= 0.6 is 11.6 Å². The second-order valence-corrected chi connectivity index (χ2v) is 5.86. The molecule has 17 heavy (non-hydrogen) atoms. The number of hydrogen-bond donors (Lipinski definition) is 1. The van der Waals surface area contributed by atoms with Crippen molar-refractivity contribution in [1.82, 2.24) is 0 Å². The van der Waals surface area contributed by atoms with Gasteiger partial charge in [-0.25, -0.2) is 8.42 Å². The first-order valence-electron chi connectivity index (χ1n) is 4.46. The van der Waals surface area contributed by atoms with Gasteiger partial charge in [0.05, 0.1) is 22.1 Å². The van der Waals surface area contributed by atoms with E-state index in [9.17, 15) is 21.6 Å². The van der Waals surface area contributed by atoms with Crippen LogP contribution in [0.2, 0.25) is 5.02 Å². The van der Waals surface area contributed by atoms with Crippen molar-refractivity contribution < 1.29 is 21.6 Å². The van der Waals surface area contributed by atoms with Crippen molar-refractivity contribution in [3.63, 3.8) is 0 Å². The summed E-state index contributed by atoms with van der Waals surface area (Å²) >= 11 is 5.62. The van der Waals surface area contributed by atoms with Crippen molar-refractivity contribution in [2.24, 2.45) is 0 Å². The van der Waals surface area contributed by atoms with Crippen molar-refractivity contribution in [2.75, 3.05) is 11.5 Å². The predicted molar refractivity (Wildman–Crippen MR) is 58.6 cm³/mol. The Morgan fingerprint density at radius 2 is 1.88 bits per heavy atom. The molecule has 0 spiro atoms. The highest BCUT2D eigenvalue weighted by atomic mass is 35.5. The molecule has 0 aromatic heterocycles. The van der Waals surface area contributed by atoms with E-state index in [1.165, 1.54) is 12.1 Å². The zero-order valence-electron chi connectivity index (χ0n) is 8.46. The zero-order valence-corrected chi connectivity index (χ0v) is 10.0. The SMILES string of the molecule is Nc1ccc(S(=O)(=O)CCC(F)(F)F)c(Cl)c1. The van der Waals surface area contributed by atoms with Crippen molar-refractivity contribution in [3.05, 3.63) is 23.2 Å². The Kier molecular flexibility index (Phi) is 3.93. The quantitative estimate of drug-likeness (QED) is 0.870. The van der Waals surface area contributed by atoms with E-state index in [2.05, 4.69) is 0 Å². The fourth-order valence-corrected chi connectivity index (χ4v) is 3.02. The highest BCUT2D eigenvalue weighted by Crippen LogP contribution is 2.27. The Morgan fingerprint density at radius 1 is 1.29 bits per heavy atom. The van der Waals surface area contributed by atoms with E-state index in [0.29, 0.717) is 0 Å². The topological polar surface area (TPSA) is 60.2 Å². The van der Waals surface area contributed by atoms with Gasteiger partial charge in [-0.1, -0.05) is 11.6 Å². The number of rotatable bonds is 3. The van der Waals surface area contributed by atoms with E-state index in [-0.39, 0.29) is 15.6 Å². The monoisotopic (exact) mass is 287 g/mol. The molecule has 0 amide bonds. The maximum atomic E-state index is 11.9. The molecule has 0 heterocycles. The van der Waals surface area contributed by atoms with Gasteiger partial charge < -0.3 is 5.73 Å². The van der Waals surface area contributed by atoms with Gasteiger partial charge in [-0.2, -0.15) is 13.2 Å². The lowest BCUT2D eigenvalue weighted by Gasteiger charge is -2.09. The van der Waals surface area contributed by atoms with Crippen LogP contribution in [0.4, 0.5) is 18.9 Å². The Labute approximate surface area is 101 Å². The van der Waals surface area contributed by atoms with Crippen LogP contribution in [-0.4, -0.2) is 20.3 Å². The molecule has 3 nitrogen and oxygen atoms in total. The molecule has 0 bridgehead atoms. The van der Waals surface area contributed by atoms with Gasteiger partial charge in [0.2, 0.25) is 0 Å². The summed E-state index contributed by atoms with van der Waals surface area (Å²) in [6.07, 6.45) is -5.93. The summed E-state index contributed by atoms with van der Waals surface area (Å²) in [5, 5.41) is -0.174. The van der Waals surface area contributed by atoms with Crippen molar-refractivity contribution in [2.45, 2.75) is 17.5 Å². The van der Waals surface area contributed by atoms with E-state index in [4.69, 9.17) is 17.3 Å². The summed E-state index contributed by atoms with van der Waals surface area (Å²) in [4.78, 5) is -0.336. The largest absolute Gasteiger partial charge is 0.399 e. The summed E-state index contributed by atoms with van der Waals surface area (Å²) < 4.78 is 59.0. The highest BCUT2D eigenvalue weighted by molar-refractivity contribution is 7.91. The van der Waals surface area contributed by atoms with E-state index in [1.54, 1.807) is 0 Å². The van der Waals surface area contributed by atoms with Gasteiger partial charge in [0.15, 0.2) is 9.84 Å². The fraction of sp³-hybridized carbons (Fsp3) is 0.333. The molecule has 0 fully saturated rings. The molecule has 0 unspecified atom stereocenters. The van der Waals surface area contributed by atoms with Gasteiger partial charge >= 0.3 is 6.18 Å². The zero-order chi connectivity index (χ0) is 13.3. The summed E-state index contributed by atoms with van der Waals surface area (Å²) in [7, 11) is -4.05. The lowest BCUT2D eigenvalue weighted by Crippen LogP contribution is -2.16. The number of alkyl halides is 3. The average Bonchev–Trinajstić information content (AvgIpc) is 2.13. The maximum absolute atomic E-state index is 11.9. The molecule has 8 heteroatoms. The van der Waals surface area contributed by atoms with Crippen LogP contribution in [0.15, 0.2) is 23.1 Å². The van der Waals surface area contributed by atoms with Crippen molar-refractivity contribution >= 4 is 27.1 Å². The second kappa shape index (κ2) is 4.73. The molecule has 0 aliphatic carbocycles. The Hall–Kier alpha value is -0.950. The smallest absolute Gasteiger partial charge is 0.390 e. The van der Waals surface area contributed by atoms with Crippen LogP contribution in [0.3, 0.4) is 0 Å². The third-order valence-electron chi connectivity index (χ3n) is 1.95. The minimum absolute atomic E-state index is 0.174.